The monoisotopic (exact) mass is 380 g/mol. The number of hydrogen-bond acceptors (Lipinski definition) is 7. The molecule has 27 heavy (non-hydrogen) atoms. The number of carbonyl (C=O) groups is 3. The number of carboxylic acids is 1. The van der Waals surface area contributed by atoms with E-state index in [1.807, 2.05) is 0 Å². The number of guanidine groups is 1. The molecule has 10 nitrogen and oxygen atoms in total. The van der Waals surface area contributed by atoms with E-state index in [-0.39, 0.29) is 26.2 Å². The van der Waals surface area contributed by atoms with Gasteiger partial charge >= 0.3 is 5.97 Å². The van der Waals surface area contributed by atoms with E-state index in [4.69, 9.17) is 10.8 Å². The Morgan fingerprint density at radius 2 is 2.15 bits per heavy atom. The summed E-state index contributed by atoms with van der Waals surface area (Å²) in [4.78, 5) is 38.3. The van der Waals surface area contributed by atoms with Crippen molar-refractivity contribution in [1.82, 2.24) is 16.0 Å². The number of anilines is 1. The fraction of sp³-hybridized carbons (Fsp3) is 0.375. The molecule has 1 aromatic carbocycles. The molecule has 0 fully saturated rings. The number of nitrogens with one attached hydrogen (secondary N) is 4. The zero-order valence-electron chi connectivity index (χ0n) is 14.4. The van der Waals surface area contributed by atoms with Crippen LogP contribution in [0.5, 0.6) is 0 Å². The lowest BCUT2D eigenvalue weighted by molar-refractivity contribution is -0.138. The first kappa shape index (κ1) is 20.1. The van der Waals surface area contributed by atoms with Crippen LogP contribution in [-0.4, -0.2) is 67.2 Å². The Hall–Kier alpha value is -3.21. The van der Waals surface area contributed by atoms with Crippen LogP contribution in [-0.2, 0) is 9.59 Å². The van der Waals surface area contributed by atoms with Gasteiger partial charge in [0.2, 0.25) is 5.91 Å². The van der Waals surface area contributed by atoms with Crippen molar-refractivity contribution in [3.63, 3.8) is 0 Å². The summed E-state index contributed by atoms with van der Waals surface area (Å²) in [6, 6.07) is 5.26. The smallest absolute Gasteiger partial charge is 0.322 e. The molecule has 7 N–H and O–H groups in total. The number of halogens is 1. The Kier molecular flexibility index (Phi) is 7.06. The van der Waals surface area contributed by atoms with E-state index in [1.165, 1.54) is 0 Å². The topological polar surface area (TPSA) is 158 Å². The number of carboxylic acid groups (broad SMARTS) is 1. The fourth-order valence-electron chi connectivity index (χ4n) is 2.11. The lowest BCUT2D eigenvalue weighted by atomic mass is 10.2. The molecular formula is C16H21FN6O4. The van der Waals surface area contributed by atoms with Crippen molar-refractivity contribution < 1.29 is 23.9 Å². The molecule has 2 amide bonds. The molecule has 0 radical (unpaired) electrons. The molecule has 1 aromatic rings. The van der Waals surface area contributed by atoms with Crippen LogP contribution < -0.4 is 27.0 Å². The van der Waals surface area contributed by atoms with Gasteiger partial charge in [-0.15, -0.1) is 0 Å². The normalized spacial score (nSPS) is 17.1. The number of benzene rings is 1. The summed E-state index contributed by atoms with van der Waals surface area (Å²) >= 11 is 0. The summed E-state index contributed by atoms with van der Waals surface area (Å²) in [6.45, 7) is -0.337. The summed E-state index contributed by atoms with van der Waals surface area (Å²) in [5.41, 5.74) is 6.14. The molecular weight excluding hydrogens is 359 g/mol. The van der Waals surface area contributed by atoms with Crippen LogP contribution in [0.4, 0.5) is 10.1 Å². The number of aliphatic imine (C=N–C) groups is 1. The van der Waals surface area contributed by atoms with E-state index in [0.717, 1.165) is 0 Å². The van der Waals surface area contributed by atoms with Gasteiger partial charge in [0.15, 0.2) is 5.96 Å². The Balaban J connectivity index is 1.84. The number of nitrogens with zero attached hydrogens (tertiary/aromatic N) is 1. The Bertz CT molecular complexity index is 741. The molecule has 0 bridgehead atoms. The zero-order valence-corrected chi connectivity index (χ0v) is 14.4. The summed E-state index contributed by atoms with van der Waals surface area (Å²) < 4.78 is 13.0. The van der Waals surface area contributed by atoms with Gasteiger partial charge in [-0.25, -0.2) is 9.38 Å². The van der Waals surface area contributed by atoms with Crippen LogP contribution in [0, 0.1) is 0 Å². The molecule has 1 heterocycles. The van der Waals surface area contributed by atoms with E-state index in [0.29, 0.717) is 17.2 Å². The SMILES string of the molecule is NC(CNC(=O)CNC(=O)c1cccc(NC2=NCC(F)CN2)c1)C(=O)O. The summed E-state index contributed by atoms with van der Waals surface area (Å²) in [7, 11) is 0. The molecule has 0 aromatic heterocycles. The molecule has 0 saturated carbocycles. The predicted molar refractivity (Wildman–Crippen MR) is 96.2 cm³/mol. The number of rotatable bonds is 7. The third kappa shape index (κ3) is 6.55. The second kappa shape index (κ2) is 9.48. The van der Waals surface area contributed by atoms with Crippen molar-refractivity contribution in [3.05, 3.63) is 29.8 Å². The second-order valence-corrected chi connectivity index (χ2v) is 5.80. The van der Waals surface area contributed by atoms with Gasteiger partial charge < -0.3 is 32.1 Å². The number of alkyl halides is 1. The molecule has 1 aliphatic heterocycles. The van der Waals surface area contributed by atoms with Crippen LogP contribution in [0.2, 0.25) is 0 Å². The Morgan fingerprint density at radius 1 is 1.37 bits per heavy atom. The summed E-state index contributed by atoms with van der Waals surface area (Å²) in [5, 5.41) is 19.1. The van der Waals surface area contributed by atoms with Crippen molar-refractivity contribution in [1.29, 1.82) is 0 Å². The van der Waals surface area contributed by atoms with E-state index in [2.05, 4.69) is 26.3 Å². The van der Waals surface area contributed by atoms with Crippen molar-refractivity contribution in [2.75, 3.05) is 31.5 Å². The third-order valence-electron chi connectivity index (χ3n) is 3.57. The Morgan fingerprint density at radius 3 is 2.81 bits per heavy atom. The molecule has 2 atom stereocenters. The van der Waals surface area contributed by atoms with Crippen LogP contribution in [0.1, 0.15) is 10.4 Å². The average Bonchev–Trinajstić information content (AvgIpc) is 2.66. The van der Waals surface area contributed by atoms with Crippen LogP contribution in [0.3, 0.4) is 0 Å². The highest BCUT2D eigenvalue weighted by atomic mass is 19.1. The molecule has 2 rings (SSSR count). The Labute approximate surface area is 154 Å². The zero-order chi connectivity index (χ0) is 19.8. The highest BCUT2D eigenvalue weighted by molar-refractivity contribution is 5.99. The maximum atomic E-state index is 13.0. The number of hydrogen-bond donors (Lipinski definition) is 6. The van der Waals surface area contributed by atoms with E-state index in [9.17, 15) is 18.8 Å². The molecule has 11 heteroatoms. The average molecular weight is 380 g/mol. The molecule has 0 saturated heterocycles. The summed E-state index contributed by atoms with van der Waals surface area (Å²) in [6.07, 6.45) is -1.02. The molecule has 1 aliphatic rings. The van der Waals surface area contributed by atoms with E-state index >= 15 is 0 Å². The van der Waals surface area contributed by atoms with Crippen molar-refractivity contribution in [2.45, 2.75) is 12.2 Å². The van der Waals surface area contributed by atoms with Gasteiger partial charge in [-0.3, -0.25) is 14.4 Å². The van der Waals surface area contributed by atoms with Gasteiger partial charge in [0.25, 0.3) is 5.91 Å². The van der Waals surface area contributed by atoms with Crippen molar-refractivity contribution in [3.8, 4) is 0 Å². The van der Waals surface area contributed by atoms with Crippen LogP contribution >= 0.6 is 0 Å². The summed E-state index contributed by atoms with van der Waals surface area (Å²) in [5.74, 6) is -1.87. The van der Waals surface area contributed by atoms with Crippen LogP contribution in [0.15, 0.2) is 29.3 Å². The first-order chi connectivity index (χ1) is 12.8. The van der Waals surface area contributed by atoms with Gasteiger partial charge in [-0.05, 0) is 18.2 Å². The predicted octanol–water partition coefficient (Wildman–Crippen LogP) is -1.35. The standard InChI is InChI=1S/C16H21FN6O4/c17-10-5-21-16(22-6-10)23-11-3-1-2-9(4-11)14(25)20-8-13(24)19-7-12(18)15(26)27/h1-4,10,12H,5-8,18H2,(H,19,24)(H,20,25)(H,26,27)(H2,21,22,23). The fourth-order valence-corrected chi connectivity index (χ4v) is 2.11. The quantitative estimate of drug-likeness (QED) is 0.341. The number of aliphatic carboxylic acids is 1. The van der Waals surface area contributed by atoms with Gasteiger partial charge in [-0.2, -0.15) is 0 Å². The molecule has 0 aliphatic carbocycles. The van der Waals surface area contributed by atoms with Gasteiger partial charge in [0, 0.05) is 17.8 Å². The highest BCUT2D eigenvalue weighted by Gasteiger charge is 2.15. The largest absolute Gasteiger partial charge is 0.480 e. The lowest BCUT2D eigenvalue weighted by Gasteiger charge is -2.18. The number of carbonyl (C=O) groups excluding carboxylic acids is 2. The van der Waals surface area contributed by atoms with Gasteiger partial charge in [0.05, 0.1) is 19.6 Å². The third-order valence-corrected chi connectivity index (χ3v) is 3.57. The minimum absolute atomic E-state index is 0.0656. The molecule has 146 valence electrons. The van der Waals surface area contributed by atoms with Crippen LogP contribution in [0.25, 0.3) is 0 Å². The number of amides is 2. The molecule has 0 spiro atoms. The molecule has 2 unspecified atom stereocenters. The van der Waals surface area contributed by atoms with Gasteiger partial charge in [-0.1, -0.05) is 6.07 Å². The second-order valence-electron chi connectivity index (χ2n) is 5.80. The number of nitrogens with two attached hydrogens (primary N) is 1. The minimum atomic E-state index is -1.23. The minimum Gasteiger partial charge on any atom is -0.480 e. The first-order valence-electron chi connectivity index (χ1n) is 8.18. The maximum absolute atomic E-state index is 13.0. The van der Waals surface area contributed by atoms with Crippen molar-refractivity contribution in [2.24, 2.45) is 10.7 Å². The highest BCUT2D eigenvalue weighted by Crippen LogP contribution is 2.11. The maximum Gasteiger partial charge on any atom is 0.322 e. The van der Waals surface area contributed by atoms with E-state index in [1.54, 1.807) is 24.3 Å². The lowest BCUT2D eigenvalue weighted by Crippen LogP contribution is -2.45. The van der Waals surface area contributed by atoms with Gasteiger partial charge in [0.1, 0.15) is 12.2 Å². The van der Waals surface area contributed by atoms with Crippen molar-refractivity contribution >= 4 is 29.4 Å². The van der Waals surface area contributed by atoms with E-state index < -0.39 is 30.0 Å². The first-order valence-corrected chi connectivity index (χ1v) is 8.18.